The molecule has 2 N–H and O–H groups in total. The Hall–Kier alpha value is -1.20. The predicted octanol–water partition coefficient (Wildman–Crippen LogP) is 1.86. The Balaban J connectivity index is 2.00. The minimum Gasteiger partial charge on any atom is -0.354 e. The zero-order valence-corrected chi connectivity index (χ0v) is 10.7. The van der Waals surface area contributed by atoms with Gasteiger partial charge in [-0.3, -0.25) is 0 Å². The lowest BCUT2D eigenvalue weighted by molar-refractivity contribution is 0.400. The van der Waals surface area contributed by atoms with E-state index in [2.05, 4.69) is 27.2 Å². The molecule has 0 bridgehead atoms. The Labute approximate surface area is 104 Å². The SMILES string of the molecule is CC1CC(N)CN(c2ncnc3ccsc23)C1. The summed E-state index contributed by atoms with van der Waals surface area (Å²) in [5.74, 6) is 1.68. The fourth-order valence-electron chi connectivity index (χ4n) is 2.57. The van der Waals surface area contributed by atoms with E-state index in [4.69, 9.17) is 5.73 Å². The Kier molecular flexibility index (Phi) is 2.72. The van der Waals surface area contributed by atoms with E-state index in [1.54, 1.807) is 17.7 Å². The van der Waals surface area contributed by atoms with Crippen LogP contribution < -0.4 is 10.6 Å². The molecule has 17 heavy (non-hydrogen) atoms. The van der Waals surface area contributed by atoms with Gasteiger partial charge in [-0.1, -0.05) is 6.92 Å². The van der Waals surface area contributed by atoms with E-state index >= 15 is 0 Å². The van der Waals surface area contributed by atoms with E-state index in [1.807, 2.05) is 6.07 Å². The molecule has 1 fully saturated rings. The van der Waals surface area contributed by atoms with Gasteiger partial charge >= 0.3 is 0 Å². The minimum atomic E-state index is 0.253. The number of hydrogen-bond donors (Lipinski definition) is 1. The first-order chi connectivity index (χ1) is 8.24. The fraction of sp³-hybridized carbons (Fsp3) is 0.500. The Bertz CT molecular complexity index is 514. The van der Waals surface area contributed by atoms with Gasteiger partial charge in [0.25, 0.3) is 0 Å². The largest absolute Gasteiger partial charge is 0.354 e. The van der Waals surface area contributed by atoms with Gasteiger partial charge in [-0.2, -0.15) is 0 Å². The molecule has 0 spiro atoms. The number of rotatable bonds is 1. The van der Waals surface area contributed by atoms with Gasteiger partial charge in [0.05, 0.1) is 10.2 Å². The quantitative estimate of drug-likeness (QED) is 0.837. The Morgan fingerprint density at radius 1 is 1.41 bits per heavy atom. The van der Waals surface area contributed by atoms with Crippen LogP contribution in [0.25, 0.3) is 10.2 Å². The highest BCUT2D eigenvalue weighted by molar-refractivity contribution is 7.17. The van der Waals surface area contributed by atoms with Gasteiger partial charge in [-0.25, -0.2) is 9.97 Å². The average molecular weight is 248 g/mol. The topological polar surface area (TPSA) is 55.0 Å². The summed E-state index contributed by atoms with van der Waals surface area (Å²) in [6.45, 7) is 4.19. The number of nitrogens with zero attached hydrogens (tertiary/aromatic N) is 3. The summed E-state index contributed by atoms with van der Waals surface area (Å²) in [7, 11) is 0. The standard InChI is InChI=1S/C12H16N4S/c1-8-4-9(13)6-16(5-8)12-11-10(2-3-17-11)14-7-15-12/h2-3,7-9H,4-6,13H2,1H3. The van der Waals surface area contributed by atoms with Crippen LogP contribution in [0.1, 0.15) is 13.3 Å². The first-order valence-corrected chi connectivity index (χ1v) is 6.80. The summed E-state index contributed by atoms with van der Waals surface area (Å²) >= 11 is 1.70. The molecule has 2 atom stereocenters. The lowest BCUT2D eigenvalue weighted by atomic mass is 9.97. The number of hydrogen-bond acceptors (Lipinski definition) is 5. The summed E-state index contributed by atoms with van der Waals surface area (Å²) in [5, 5.41) is 2.07. The number of thiophene rings is 1. The smallest absolute Gasteiger partial charge is 0.150 e. The molecule has 3 rings (SSSR count). The molecule has 0 saturated carbocycles. The molecule has 4 nitrogen and oxygen atoms in total. The molecular formula is C12H16N4S. The van der Waals surface area contributed by atoms with Crippen molar-refractivity contribution in [1.29, 1.82) is 0 Å². The third-order valence-corrected chi connectivity index (χ3v) is 4.12. The van der Waals surface area contributed by atoms with Crippen molar-refractivity contribution in [1.82, 2.24) is 9.97 Å². The van der Waals surface area contributed by atoms with E-state index in [0.717, 1.165) is 30.8 Å². The molecule has 2 aromatic heterocycles. The van der Waals surface area contributed by atoms with Crippen LogP contribution in [0, 0.1) is 5.92 Å². The van der Waals surface area contributed by atoms with E-state index in [1.165, 1.54) is 4.70 Å². The van der Waals surface area contributed by atoms with E-state index in [9.17, 15) is 0 Å². The van der Waals surface area contributed by atoms with Crippen molar-refractivity contribution in [3.63, 3.8) is 0 Å². The van der Waals surface area contributed by atoms with Crippen LogP contribution in [-0.2, 0) is 0 Å². The van der Waals surface area contributed by atoms with Gasteiger partial charge in [0, 0.05) is 19.1 Å². The van der Waals surface area contributed by atoms with Gasteiger partial charge in [0.2, 0.25) is 0 Å². The van der Waals surface area contributed by atoms with Crippen molar-refractivity contribution in [2.24, 2.45) is 11.7 Å². The normalized spacial score (nSPS) is 25.4. The third-order valence-electron chi connectivity index (χ3n) is 3.22. The van der Waals surface area contributed by atoms with Gasteiger partial charge in [0.1, 0.15) is 12.1 Å². The average Bonchev–Trinajstić information content (AvgIpc) is 2.75. The van der Waals surface area contributed by atoms with Gasteiger partial charge in [0.15, 0.2) is 0 Å². The van der Waals surface area contributed by atoms with E-state index < -0.39 is 0 Å². The summed E-state index contributed by atoms with van der Waals surface area (Å²) in [6.07, 6.45) is 2.75. The van der Waals surface area contributed by atoms with Gasteiger partial charge < -0.3 is 10.6 Å². The Morgan fingerprint density at radius 3 is 3.12 bits per heavy atom. The molecule has 3 heterocycles. The molecule has 1 aliphatic heterocycles. The predicted molar refractivity (Wildman–Crippen MR) is 71.4 cm³/mol. The van der Waals surface area contributed by atoms with Crippen LogP contribution in [0.4, 0.5) is 5.82 Å². The summed E-state index contributed by atoms with van der Waals surface area (Å²) < 4.78 is 1.17. The van der Waals surface area contributed by atoms with E-state index in [-0.39, 0.29) is 6.04 Å². The van der Waals surface area contributed by atoms with Crippen molar-refractivity contribution in [3.05, 3.63) is 17.8 Å². The third kappa shape index (κ3) is 2.00. The van der Waals surface area contributed by atoms with Crippen LogP contribution in [0.3, 0.4) is 0 Å². The minimum absolute atomic E-state index is 0.253. The lowest BCUT2D eigenvalue weighted by Crippen LogP contribution is -2.46. The zero-order valence-electron chi connectivity index (χ0n) is 9.84. The second-order valence-electron chi connectivity index (χ2n) is 4.84. The highest BCUT2D eigenvalue weighted by Crippen LogP contribution is 2.30. The van der Waals surface area contributed by atoms with Crippen LogP contribution >= 0.6 is 11.3 Å². The molecule has 2 unspecified atom stereocenters. The molecule has 2 aromatic rings. The highest BCUT2D eigenvalue weighted by atomic mass is 32.1. The van der Waals surface area contributed by atoms with Crippen molar-refractivity contribution in [2.75, 3.05) is 18.0 Å². The maximum absolute atomic E-state index is 6.09. The summed E-state index contributed by atoms with van der Waals surface area (Å²) in [5.41, 5.74) is 7.12. The first kappa shape index (κ1) is 10.9. The number of nitrogens with two attached hydrogens (primary N) is 1. The highest BCUT2D eigenvalue weighted by Gasteiger charge is 2.24. The Morgan fingerprint density at radius 2 is 2.29 bits per heavy atom. The number of piperidine rings is 1. The van der Waals surface area contributed by atoms with Crippen molar-refractivity contribution < 1.29 is 0 Å². The van der Waals surface area contributed by atoms with E-state index in [0.29, 0.717) is 5.92 Å². The second kappa shape index (κ2) is 4.23. The number of aromatic nitrogens is 2. The number of anilines is 1. The molecule has 0 radical (unpaired) electrons. The van der Waals surface area contributed by atoms with Crippen LogP contribution in [-0.4, -0.2) is 29.1 Å². The maximum Gasteiger partial charge on any atom is 0.150 e. The zero-order chi connectivity index (χ0) is 11.8. The molecule has 5 heteroatoms. The van der Waals surface area contributed by atoms with Gasteiger partial charge in [-0.15, -0.1) is 11.3 Å². The first-order valence-electron chi connectivity index (χ1n) is 5.93. The summed E-state index contributed by atoms with van der Waals surface area (Å²) in [6, 6.07) is 2.29. The van der Waals surface area contributed by atoms with Crippen molar-refractivity contribution in [2.45, 2.75) is 19.4 Å². The second-order valence-corrected chi connectivity index (χ2v) is 5.75. The maximum atomic E-state index is 6.09. The van der Waals surface area contributed by atoms with Crippen LogP contribution in [0.5, 0.6) is 0 Å². The van der Waals surface area contributed by atoms with Gasteiger partial charge in [-0.05, 0) is 23.8 Å². The summed E-state index contributed by atoms with van der Waals surface area (Å²) in [4.78, 5) is 11.0. The van der Waals surface area contributed by atoms with Crippen molar-refractivity contribution >= 4 is 27.4 Å². The van der Waals surface area contributed by atoms with Crippen LogP contribution in [0.2, 0.25) is 0 Å². The van der Waals surface area contributed by atoms with Crippen LogP contribution in [0.15, 0.2) is 17.8 Å². The molecule has 0 aliphatic carbocycles. The number of fused-ring (bicyclic) bond motifs is 1. The molecule has 0 amide bonds. The lowest BCUT2D eigenvalue weighted by Gasteiger charge is -2.35. The monoisotopic (exact) mass is 248 g/mol. The van der Waals surface area contributed by atoms with Crippen molar-refractivity contribution in [3.8, 4) is 0 Å². The molecule has 1 aliphatic rings. The molecule has 90 valence electrons. The fourth-order valence-corrected chi connectivity index (χ4v) is 3.44. The molecule has 1 saturated heterocycles. The molecule has 0 aromatic carbocycles. The molecular weight excluding hydrogens is 232 g/mol.